The summed E-state index contributed by atoms with van der Waals surface area (Å²) in [5.41, 5.74) is 4.81. The molecule has 1 aliphatic carbocycles. The van der Waals surface area contributed by atoms with Crippen molar-refractivity contribution in [3.8, 4) is 11.1 Å². The Morgan fingerprint density at radius 3 is 2.23 bits per heavy atom. The monoisotopic (exact) mass is 494 g/mol. The number of carbonyl (C=O) groups is 3. The van der Waals surface area contributed by atoms with Crippen LogP contribution in [0.3, 0.4) is 0 Å². The molecule has 1 atom stereocenters. The van der Waals surface area contributed by atoms with E-state index in [9.17, 15) is 19.5 Å². The molecule has 0 radical (unpaired) electrons. The molecular weight excluding hydrogens is 472 g/mol. The van der Waals surface area contributed by atoms with Gasteiger partial charge in [0, 0.05) is 28.7 Å². The van der Waals surface area contributed by atoms with Crippen LogP contribution in [0.25, 0.3) is 11.1 Å². The largest absolute Gasteiger partial charge is 0.481 e. The minimum absolute atomic E-state index is 0.0916. The number of hydrogen-bond acceptors (Lipinski definition) is 5. The minimum Gasteiger partial charge on any atom is -0.481 e. The van der Waals surface area contributed by atoms with Gasteiger partial charge in [-0.25, -0.2) is 4.79 Å². The number of ether oxygens (including phenoxy) is 1. The number of amides is 2. The molecule has 0 bridgehead atoms. The average Bonchev–Trinajstić information content (AvgIpc) is 3.14. The third kappa shape index (κ3) is 5.79. The number of carboxylic acid groups (broad SMARTS) is 1. The molecule has 0 aliphatic heterocycles. The topological polar surface area (TPSA) is 125 Å². The van der Waals surface area contributed by atoms with Gasteiger partial charge in [-0.1, -0.05) is 60.1 Å². The lowest BCUT2D eigenvalue weighted by Crippen LogP contribution is -2.33. The lowest BCUT2D eigenvalue weighted by atomic mass is 9.98. The predicted molar refractivity (Wildman–Crippen MR) is 131 cm³/mol. The predicted octanol–water partition coefficient (Wildman–Crippen LogP) is 4.27. The van der Waals surface area contributed by atoms with Crippen molar-refractivity contribution in [2.45, 2.75) is 18.4 Å². The summed E-state index contributed by atoms with van der Waals surface area (Å²) in [5.74, 6) is -1.84. The second kappa shape index (κ2) is 10.6. The molecule has 4 rings (SSSR count). The van der Waals surface area contributed by atoms with E-state index in [1.165, 1.54) is 18.2 Å². The van der Waals surface area contributed by atoms with Crippen LogP contribution in [0.15, 0.2) is 66.7 Å². The molecule has 0 saturated heterocycles. The normalized spacial score (nSPS) is 12.9. The fourth-order valence-electron chi connectivity index (χ4n) is 4.13. The third-order valence-corrected chi connectivity index (χ3v) is 5.88. The molecule has 3 aromatic carbocycles. The zero-order valence-electron chi connectivity index (χ0n) is 18.5. The Hall–Kier alpha value is -3.88. The van der Waals surface area contributed by atoms with Gasteiger partial charge in [0.1, 0.15) is 6.61 Å². The van der Waals surface area contributed by atoms with Gasteiger partial charge >= 0.3 is 12.1 Å². The van der Waals surface area contributed by atoms with E-state index in [1.54, 1.807) is 0 Å². The Kier molecular flexibility index (Phi) is 7.33. The van der Waals surface area contributed by atoms with Gasteiger partial charge in [0.05, 0.1) is 12.5 Å². The molecule has 8 nitrogen and oxygen atoms in total. The lowest BCUT2D eigenvalue weighted by molar-refractivity contribution is -0.139. The molecule has 3 aromatic rings. The van der Waals surface area contributed by atoms with Crippen LogP contribution in [0.5, 0.6) is 0 Å². The van der Waals surface area contributed by atoms with Crippen LogP contribution in [0, 0.1) is 0 Å². The average molecular weight is 495 g/mol. The molecule has 1 unspecified atom stereocenters. The van der Waals surface area contributed by atoms with E-state index in [4.69, 9.17) is 21.4 Å². The highest BCUT2D eigenvalue weighted by atomic mass is 35.5. The fraction of sp³-hybridized carbons (Fsp3) is 0.192. The third-order valence-electron chi connectivity index (χ3n) is 5.66. The van der Waals surface area contributed by atoms with E-state index in [0.717, 1.165) is 22.3 Å². The minimum atomic E-state index is -1.23. The second-order valence-corrected chi connectivity index (χ2v) is 8.58. The standard InChI is InChI=1S/C26H23ClN2O6/c27-16-9-15(25(33)28-13-18(30)12-24(31)32)10-17(11-16)29-26(34)35-14-23-21-7-3-1-5-19(21)20-6-2-4-8-22(20)23/h1-11,18,23,30H,12-14H2,(H,28,33)(H,29,34)(H,31,32). The number of aliphatic hydroxyl groups is 1. The zero-order valence-corrected chi connectivity index (χ0v) is 19.3. The lowest BCUT2D eigenvalue weighted by Gasteiger charge is -2.15. The van der Waals surface area contributed by atoms with Crippen molar-refractivity contribution in [2.24, 2.45) is 0 Å². The van der Waals surface area contributed by atoms with Crippen molar-refractivity contribution in [1.82, 2.24) is 5.32 Å². The summed E-state index contributed by atoms with van der Waals surface area (Å²) in [6, 6.07) is 20.3. The number of rotatable bonds is 8. The first-order valence-electron chi connectivity index (χ1n) is 10.9. The number of carbonyl (C=O) groups excluding carboxylic acids is 2. The van der Waals surface area contributed by atoms with Crippen LogP contribution in [-0.4, -0.2) is 47.4 Å². The van der Waals surface area contributed by atoms with Gasteiger partial charge in [-0.2, -0.15) is 0 Å². The molecule has 0 saturated carbocycles. The molecule has 35 heavy (non-hydrogen) atoms. The maximum absolute atomic E-state index is 12.5. The quantitative estimate of drug-likeness (QED) is 0.370. The molecule has 2 amide bonds. The summed E-state index contributed by atoms with van der Waals surface area (Å²) in [5, 5.41) is 23.5. The number of carboxylic acids is 1. The van der Waals surface area contributed by atoms with E-state index in [0.29, 0.717) is 0 Å². The Morgan fingerprint density at radius 1 is 0.971 bits per heavy atom. The Labute approximate surface area is 206 Å². The summed E-state index contributed by atoms with van der Waals surface area (Å²) >= 11 is 6.10. The van der Waals surface area contributed by atoms with Crippen LogP contribution >= 0.6 is 11.6 Å². The Balaban J connectivity index is 1.39. The Bertz CT molecular complexity index is 1230. The van der Waals surface area contributed by atoms with Crippen LogP contribution in [0.2, 0.25) is 5.02 Å². The van der Waals surface area contributed by atoms with Gasteiger partial charge in [-0.15, -0.1) is 0 Å². The summed E-state index contributed by atoms with van der Waals surface area (Å²) in [6.07, 6.45) is -2.42. The summed E-state index contributed by atoms with van der Waals surface area (Å²) in [4.78, 5) is 35.6. The molecule has 0 fully saturated rings. The maximum Gasteiger partial charge on any atom is 0.411 e. The highest BCUT2D eigenvalue weighted by Gasteiger charge is 2.29. The van der Waals surface area contributed by atoms with Gasteiger partial charge < -0.3 is 20.3 Å². The van der Waals surface area contributed by atoms with Gasteiger partial charge in [-0.3, -0.25) is 14.9 Å². The molecular formula is C26H23ClN2O6. The van der Waals surface area contributed by atoms with Crippen molar-refractivity contribution in [2.75, 3.05) is 18.5 Å². The first-order valence-corrected chi connectivity index (χ1v) is 11.3. The number of halogens is 1. The van der Waals surface area contributed by atoms with Crippen molar-refractivity contribution in [1.29, 1.82) is 0 Å². The number of anilines is 1. The second-order valence-electron chi connectivity index (χ2n) is 8.14. The van der Waals surface area contributed by atoms with E-state index < -0.39 is 30.5 Å². The molecule has 9 heteroatoms. The number of fused-ring (bicyclic) bond motifs is 3. The molecule has 0 aromatic heterocycles. The highest BCUT2D eigenvalue weighted by molar-refractivity contribution is 6.31. The summed E-state index contributed by atoms with van der Waals surface area (Å²) in [6.45, 7) is -0.109. The molecule has 4 N–H and O–H groups in total. The maximum atomic E-state index is 12.5. The van der Waals surface area contributed by atoms with Crippen molar-refractivity contribution in [3.05, 3.63) is 88.4 Å². The van der Waals surface area contributed by atoms with Gasteiger partial charge in [0.15, 0.2) is 0 Å². The number of aliphatic carboxylic acids is 1. The van der Waals surface area contributed by atoms with Gasteiger partial charge in [0.2, 0.25) is 0 Å². The van der Waals surface area contributed by atoms with Crippen LogP contribution in [0.1, 0.15) is 33.8 Å². The van der Waals surface area contributed by atoms with Crippen LogP contribution < -0.4 is 10.6 Å². The van der Waals surface area contributed by atoms with Crippen molar-refractivity contribution < 1.29 is 29.3 Å². The molecule has 0 spiro atoms. The van der Waals surface area contributed by atoms with Crippen LogP contribution in [-0.2, 0) is 9.53 Å². The highest BCUT2D eigenvalue weighted by Crippen LogP contribution is 2.44. The van der Waals surface area contributed by atoms with Crippen LogP contribution in [0.4, 0.5) is 10.5 Å². The SMILES string of the molecule is O=C(O)CC(O)CNC(=O)c1cc(Cl)cc(NC(=O)OCC2c3ccccc3-c3ccccc32)c1. The van der Waals surface area contributed by atoms with Crippen molar-refractivity contribution in [3.63, 3.8) is 0 Å². The molecule has 0 heterocycles. The molecule has 1 aliphatic rings. The van der Waals surface area contributed by atoms with E-state index in [2.05, 4.69) is 10.6 Å². The Morgan fingerprint density at radius 2 is 1.60 bits per heavy atom. The first-order chi connectivity index (χ1) is 16.8. The molecule has 180 valence electrons. The number of hydrogen-bond donors (Lipinski definition) is 4. The fourth-order valence-corrected chi connectivity index (χ4v) is 4.37. The number of benzene rings is 3. The van der Waals surface area contributed by atoms with E-state index in [1.807, 2.05) is 48.5 Å². The summed E-state index contributed by atoms with van der Waals surface area (Å²) < 4.78 is 5.52. The van der Waals surface area contributed by atoms with Gasteiger partial charge in [-0.05, 0) is 40.5 Å². The number of nitrogens with one attached hydrogen (secondary N) is 2. The van der Waals surface area contributed by atoms with E-state index in [-0.39, 0.29) is 35.3 Å². The summed E-state index contributed by atoms with van der Waals surface area (Å²) in [7, 11) is 0. The van der Waals surface area contributed by atoms with Gasteiger partial charge in [0.25, 0.3) is 5.91 Å². The zero-order chi connectivity index (χ0) is 24.9. The van der Waals surface area contributed by atoms with Crippen molar-refractivity contribution >= 4 is 35.3 Å². The van der Waals surface area contributed by atoms with E-state index >= 15 is 0 Å². The smallest absolute Gasteiger partial charge is 0.411 e. The first kappa shape index (κ1) is 24.3. The number of aliphatic hydroxyl groups excluding tert-OH is 1.